The first-order valence-corrected chi connectivity index (χ1v) is 13.6. The number of hydrogen-bond acceptors (Lipinski definition) is 8. The third-order valence-electron chi connectivity index (χ3n) is 7.75. The lowest BCUT2D eigenvalue weighted by Gasteiger charge is -2.39. The number of aromatic nitrogens is 4. The molecule has 2 aromatic heterocycles. The predicted octanol–water partition coefficient (Wildman–Crippen LogP) is 4.76. The molecule has 0 spiro atoms. The molecule has 5 aromatic rings. The maximum absolute atomic E-state index is 16.7. The molecule has 0 bridgehead atoms. The van der Waals surface area contributed by atoms with Crippen molar-refractivity contribution in [3.05, 3.63) is 114 Å². The second kappa shape index (κ2) is 11.5. The zero-order chi connectivity index (χ0) is 29.3. The highest BCUT2D eigenvalue weighted by Gasteiger charge is 2.52. The molecular weight excluding hydrogens is 539 g/mol. The maximum atomic E-state index is 16.7. The Morgan fingerprint density at radius 3 is 2.02 bits per heavy atom. The van der Waals surface area contributed by atoms with Gasteiger partial charge in [-0.15, -0.1) is 0 Å². The lowest BCUT2D eigenvalue weighted by Crippen LogP contribution is -2.44. The highest BCUT2D eigenvalue weighted by molar-refractivity contribution is 5.72. The average molecular weight is 571 g/mol. The number of rotatable bonds is 9. The number of aryl methyl sites for hydroxylation is 1. The van der Waals surface area contributed by atoms with Gasteiger partial charge in [0.1, 0.15) is 41.2 Å². The first-order valence-electron chi connectivity index (χ1n) is 13.6. The van der Waals surface area contributed by atoms with Gasteiger partial charge in [-0.1, -0.05) is 54.6 Å². The van der Waals surface area contributed by atoms with Gasteiger partial charge in [-0.3, -0.25) is 4.57 Å². The van der Waals surface area contributed by atoms with Crippen LogP contribution in [0.5, 0.6) is 11.5 Å². The number of fused-ring (bicyclic) bond motifs is 1. The molecule has 0 amide bonds. The van der Waals surface area contributed by atoms with Crippen molar-refractivity contribution in [3.63, 3.8) is 0 Å². The van der Waals surface area contributed by atoms with Crippen molar-refractivity contribution in [1.29, 1.82) is 0 Å². The number of methoxy groups -OCH3 is 2. The number of aliphatic hydroxyl groups is 1. The van der Waals surface area contributed by atoms with E-state index in [1.807, 2.05) is 85.8 Å². The number of imidazole rings is 1. The van der Waals surface area contributed by atoms with E-state index in [2.05, 4.69) is 15.0 Å². The minimum Gasteiger partial charge on any atom is -0.497 e. The van der Waals surface area contributed by atoms with E-state index in [9.17, 15) is 5.11 Å². The van der Waals surface area contributed by atoms with Gasteiger partial charge in [-0.2, -0.15) is 0 Å². The molecule has 6 rings (SSSR count). The summed E-state index contributed by atoms with van der Waals surface area (Å²) in [6.07, 6.45) is -2.09. The lowest BCUT2D eigenvalue weighted by molar-refractivity contribution is -0.104. The lowest BCUT2D eigenvalue weighted by atomic mass is 9.79. The van der Waals surface area contributed by atoms with Crippen LogP contribution in [0.1, 0.15) is 28.6 Å². The summed E-state index contributed by atoms with van der Waals surface area (Å²) >= 11 is 0. The normalized spacial score (nSPS) is 20.6. The largest absolute Gasteiger partial charge is 0.497 e. The summed E-state index contributed by atoms with van der Waals surface area (Å²) in [6, 6.07) is 24.5. The van der Waals surface area contributed by atoms with Gasteiger partial charge < -0.3 is 24.1 Å². The van der Waals surface area contributed by atoms with Gasteiger partial charge in [-0.05, 0) is 47.9 Å². The molecule has 0 saturated carbocycles. The highest BCUT2D eigenvalue weighted by Crippen LogP contribution is 2.46. The molecular formula is C32H31FN4O5. The standard InChI is InChI=1S/C32H31FN4O5/c1-20-28-30(35-18-34-20)37(19-36-28)31-27(33)29(26(17-38)41-31)42-32(21-7-5-4-6-8-21,22-9-13-24(39-2)14-10-22)23-11-15-25(40-3)16-12-23/h4-16,18-19,26-27,29,31,38H,17H2,1-3H3/t26-,27+,29?,31-/m1/s1. The Bertz CT molecular complexity index is 1600. The van der Waals surface area contributed by atoms with E-state index < -0.39 is 36.8 Å². The Morgan fingerprint density at radius 2 is 1.45 bits per heavy atom. The smallest absolute Gasteiger partial charge is 0.174 e. The van der Waals surface area contributed by atoms with Crippen LogP contribution in [0.15, 0.2) is 91.5 Å². The second-order valence-electron chi connectivity index (χ2n) is 10.1. The number of aliphatic hydroxyl groups excluding tert-OH is 1. The van der Waals surface area contributed by atoms with Gasteiger partial charge in [-0.25, -0.2) is 19.3 Å². The van der Waals surface area contributed by atoms with Crippen LogP contribution in [-0.4, -0.2) is 63.8 Å². The Morgan fingerprint density at radius 1 is 0.857 bits per heavy atom. The van der Waals surface area contributed by atoms with Crippen molar-refractivity contribution >= 4 is 11.2 Å². The van der Waals surface area contributed by atoms with Crippen LogP contribution >= 0.6 is 0 Å². The van der Waals surface area contributed by atoms with E-state index in [0.29, 0.717) is 28.4 Å². The molecule has 9 nitrogen and oxygen atoms in total. The summed E-state index contributed by atoms with van der Waals surface area (Å²) < 4.78 is 42.2. The summed E-state index contributed by atoms with van der Waals surface area (Å²) in [4.78, 5) is 12.9. The number of halogens is 1. The summed E-state index contributed by atoms with van der Waals surface area (Å²) in [5.74, 6) is 1.33. The fourth-order valence-electron chi connectivity index (χ4n) is 5.59. The minimum absolute atomic E-state index is 0.437. The van der Waals surface area contributed by atoms with E-state index in [0.717, 1.165) is 16.7 Å². The number of nitrogens with zero attached hydrogens (tertiary/aromatic N) is 4. The van der Waals surface area contributed by atoms with Crippen LogP contribution in [0.4, 0.5) is 4.39 Å². The Kier molecular flexibility index (Phi) is 7.59. The summed E-state index contributed by atoms with van der Waals surface area (Å²) in [6.45, 7) is 1.35. The molecule has 3 heterocycles. The van der Waals surface area contributed by atoms with Gasteiger partial charge >= 0.3 is 0 Å². The molecule has 1 saturated heterocycles. The number of benzene rings is 3. The molecule has 42 heavy (non-hydrogen) atoms. The Labute approximate surface area is 242 Å². The zero-order valence-electron chi connectivity index (χ0n) is 23.4. The van der Waals surface area contributed by atoms with Gasteiger partial charge in [0.2, 0.25) is 0 Å². The van der Waals surface area contributed by atoms with Crippen molar-refractivity contribution in [2.75, 3.05) is 20.8 Å². The molecule has 1 N–H and O–H groups in total. The van der Waals surface area contributed by atoms with Gasteiger partial charge in [0.25, 0.3) is 0 Å². The maximum Gasteiger partial charge on any atom is 0.174 e. The monoisotopic (exact) mass is 570 g/mol. The SMILES string of the molecule is COc1ccc(C(OC2[C@@H](CO)O[C@@H](n3cnc4c(C)ncnc43)[C@H]2F)(c2ccccc2)c2ccc(OC)cc2)cc1. The molecule has 216 valence electrons. The minimum atomic E-state index is -1.69. The summed E-state index contributed by atoms with van der Waals surface area (Å²) in [5, 5.41) is 10.4. The molecule has 3 aromatic carbocycles. The molecule has 0 aliphatic carbocycles. The van der Waals surface area contributed by atoms with E-state index in [1.54, 1.807) is 14.2 Å². The van der Waals surface area contributed by atoms with E-state index in [1.165, 1.54) is 17.2 Å². The Balaban J connectivity index is 1.50. The third-order valence-corrected chi connectivity index (χ3v) is 7.75. The number of ether oxygens (including phenoxy) is 4. The van der Waals surface area contributed by atoms with Crippen LogP contribution < -0.4 is 9.47 Å². The summed E-state index contributed by atoms with van der Waals surface area (Å²) in [5.41, 5.74) is 2.60. The quantitative estimate of drug-likeness (QED) is 0.253. The van der Waals surface area contributed by atoms with Crippen molar-refractivity contribution in [2.45, 2.75) is 37.1 Å². The highest BCUT2D eigenvalue weighted by atomic mass is 19.1. The molecule has 0 radical (unpaired) electrons. The van der Waals surface area contributed by atoms with E-state index >= 15 is 4.39 Å². The van der Waals surface area contributed by atoms with Crippen LogP contribution in [0.25, 0.3) is 11.2 Å². The molecule has 1 fully saturated rings. The van der Waals surface area contributed by atoms with Gasteiger partial charge in [0, 0.05) is 0 Å². The molecule has 1 unspecified atom stereocenters. The summed E-state index contributed by atoms with van der Waals surface area (Å²) in [7, 11) is 3.20. The van der Waals surface area contributed by atoms with Crippen LogP contribution in [0.2, 0.25) is 0 Å². The van der Waals surface area contributed by atoms with E-state index in [4.69, 9.17) is 18.9 Å². The topological polar surface area (TPSA) is 101 Å². The van der Waals surface area contributed by atoms with Crippen LogP contribution in [0, 0.1) is 6.92 Å². The molecule has 1 aliphatic heterocycles. The van der Waals surface area contributed by atoms with Gasteiger partial charge in [0.05, 0.1) is 32.8 Å². The van der Waals surface area contributed by atoms with Crippen LogP contribution in [-0.2, 0) is 15.1 Å². The van der Waals surface area contributed by atoms with Crippen LogP contribution in [0.3, 0.4) is 0 Å². The van der Waals surface area contributed by atoms with Crippen molar-refractivity contribution < 1.29 is 28.4 Å². The Hall–Kier alpha value is -4.38. The first-order chi connectivity index (χ1) is 20.5. The fraction of sp³-hybridized carbons (Fsp3) is 0.281. The average Bonchev–Trinajstić information content (AvgIpc) is 3.61. The zero-order valence-corrected chi connectivity index (χ0v) is 23.4. The first kappa shape index (κ1) is 27.8. The second-order valence-corrected chi connectivity index (χ2v) is 10.1. The van der Waals surface area contributed by atoms with Gasteiger partial charge in [0.15, 0.2) is 18.0 Å². The molecule has 10 heteroatoms. The number of alkyl halides is 1. The van der Waals surface area contributed by atoms with Crippen molar-refractivity contribution in [1.82, 2.24) is 19.5 Å². The third kappa shape index (κ3) is 4.67. The van der Waals surface area contributed by atoms with Crippen molar-refractivity contribution in [2.24, 2.45) is 0 Å². The number of hydrogen-bond donors (Lipinski definition) is 1. The van der Waals surface area contributed by atoms with E-state index in [-0.39, 0.29) is 0 Å². The fourth-order valence-corrected chi connectivity index (χ4v) is 5.59. The predicted molar refractivity (Wildman–Crippen MR) is 153 cm³/mol. The molecule has 4 atom stereocenters. The molecule has 1 aliphatic rings. The van der Waals surface area contributed by atoms with Crippen molar-refractivity contribution in [3.8, 4) is 11.5 Å².